The number of amides is 1. The molecule has 0 bridgehead atoms. The Kier molecular flexibility index (Phi) is 5.70. The molecule has 0 aromatic carbocycles. The van der Waals surface area contributed by atoms with Crippen molar-refractivity contribution in [3.05, 3.63) is 0 Å². The van der Waals surface area contributed by atoms with Crippen molar-refractivity contribution in [2.75, 3.05) is 13.1 Å². The fraction of sp³-hybridized carbons (Fsp3) is 0.944. The summed E-state index contributed by atoms with van der Waals surface area (Å²) in [5.41, 5.74) is 0.406. The van der Waals surface area contributed by atoms with Gasteiger partial charge in [-0.05, 0) is 43.4 Å². The first kappa shape index (κ1) is 16.8. The second-order valence-corrected chi connectivity index (χ2v) is 8.08. The van der Waals surface area contributed by atoms with Crippen molar-refractivity contribution >= 4 is 5.91 Å². The molecule has 1 heterocycles. The van der Waals surface area contributed by atoms with E-state index in [1.807, 2.05) is 0 Å². The molecular weight excluding hydrogens is 260 g/mol. The lowest BCUT2D eigenvalue weighted by atomic mass is 9.77. The van der Waals surface area contributed by atoms with E-state index in [-0.39, 0.29) is 6.04 Å². The molecule has 1 saturated heterocycles. The Morgan fingerprint density at radius 2 is 1.86 bits per heavy atom. The Balaban J connectivity index is 2.00. The predicted molar refractivity (Wildman–Crippen MR) is 88.2 cm³/mol. The smallest absolute Gasteiger partial charge is 0.239 e. The van der Waals surface area contributed by atoms with Gasteiger partial charge < -0.3 is 10.2 Å². The van der Waals surface area contributed by atoms with Gasteiger partial charge in [0.25, 0.3) is 0 Å². The van der Waals surface area contributed by atoms with Crippen LogP contribution in [-0.4, -0.2) is 36.0 Å². The molecule has 2 rings (SSSR count). The maximum Gasteiger partial charge on any atom is 0.239 e. The van der Waals surface area contributed by atoms with Crippen LogP contribution in [-0.2, 0) is 4.79 Å². The lowest BCUT2D eigenvalue weighted by molar-refractivity contribution is -0.138. The minimum atomic E-state index is 0.0521. The van der Waals surface area contributed by atoms with Crippen molar-refractivity contribution in [1.29, 1.82) is 0 Å². The summed E-state index contributed by atoms with van der Waals surface area (Å²) in [6.07, 6.45) is 8.76. The average molecular weight is 294 g/mol. The predicted octanol–water partition coefficient (Wildman–Crippen LogP) is 3.58. The fourth-order valence-corrected chi connectivity index (χ4v) is 4.48. The highest BCUT2D eigenvalue weighted by molar-refractivity contribution is 5.82. The van der Waals surface area contributed by atoms with Crippen LogP contribution in [0.5, 0.6) is 0 Å². The largest absolute Gasteiger partial charge is 0.341 e. The summed E-state index contributed by atoms with van der Waals surface area (Å²) in [6.45, 7) is 10.9. The Morgan fingerprint density at radius 1 is 1.19 bits per heavy atom. The van der Waals surface area contributed by atoms with Crippen molar-refractivity contribution in [3.63, 3.8) is 0 Å². The third kappa shape index (κ3) is 4.45. The molecule has 1 aliphatic heterocycles. The molecule has 3 heteroatoms. The molecule has 1 amide bonds. The number of likely N-dealkylation sites (tertiary alicyclic amines) is 1. The van der Waals surface area contributed by atoms with Crippen LogP contribution in [0.15, 0.2) is 0 Å². The topological polar surface area (TPSA) is 32.3 Å². The molecule has 0 aromatic heterocycles. The molecule has 122 valence electrons. The third-order valence-electron chi connectivity index (χ3n) is 5.10. The van der Waals surface area contributed by atoms with E-state index in [0.29, 0.717) is 17.4 Å². The summed E-state index contributed by atoms with van der Waals surface area (Å²) < 4.78 is 0. The summed E-state index contributed by atoms with van der Waals surface area (Å²) >= 11 is 0. The summed E-state index contributed by atoms with van der Waals surface area (Å²) in [4.78, 5) is 14.9. The number of carbonyl (C=O) groups excluding carboxylic acids is 1. The standard InChI is InChI=1S/C18H34N2O/c1-14(2)12-18(9-5-6-10-18)13-20-11-7-8-16(17(20)21)19-15(3)4/h14-16,19H,5-13H2,1-4H3. The molecule has 0 spiro atoms. The van der Waals surface area contributed by atoms with Gasteiger partial charge in [0.15, 0.2) is 0 Å². The van der Waals surface area contributed by atoms with Gasteiger partial charge in [-0.2, -0.15) is 0 Å². The monoisotopic (exact) mass is 294 g/mol. The number of piperidine rings is 1. The molecule has 1 saturated carbocycles. The molecule has 3 nitrogen and oxygen atoms in total. The number of nitrogens with zero attached hydrogens (tertiary/aromatic N) is 1. The van der Waals surface area contributed by atoms with E-state index in [9.17, 15) is 4.79 Å². The highest BCUT2D eigenvalue weighted by atomic mass is 16.2. The van der Waals surface area contributed by atoms with Gasteiger partial charge in [0.05, 0.1) is 6.04 Å². The second-order valence-electron chi connectivity index (χ2n) is 8.08. The van der Waals surface area contributed by atoms with Gasteiger partial charge >= 0.3 is 0 Å². The number of carbonyl (C=O) groups is 1. The summed E-state index contributed by atoms with van der Waals surface area (Å²) in [5, 5.41) is 3.45. The second kappa shape index (κ2) is 7.13. The van der Waals surface area contributed by atoms with E-state index in [1.165, 1.54) is 32.1 Å². The third-order valence-corrected chi connectivity index (χ3v) is 5.10. The number of hydrogen-bond donors (Lipinski definition) is 1. The zero-order chi connectivity index (χ0) is 15.5. The van der Waals surface area contributed by atoms with Crippen LogP contribution in [0.2, 0.25) is 0 Å². The Labute approximate surface area is 130 Å². The maximum absolute atomic E-state index is 12.7. The van der Waals surface area contributed by atoms with Gasteiger partial charge in [0.1, 0.15) is 0 Å². The van der Waals surface area contributed by atoms with Crippen LogP contribution in [0.25, 0.3) is 0 Å². The van der Waals surface area contributed by atoms with E-state index < -0.39 is 0 Å². The molecule has 1 atom stereocenters. The maximum atomic E-state index is 12.7. The SMILES string of the molecule is CC(C)CC1(CN2CCCC(NC(C)C)C2=O)CCCC1. The van der Waals surface area contributed by atoms with Crippen molar-refractivity contribution in [3.8, 4) is 0 Å². The molecular formula is C18H34N2O. The van der Waals surface area contributed by atoms with Gasteiger partial charge in [-0.3, -0.25) is 4.79 Å². The lowest BCUT2D eigenvalue weighted by Crippen LogP contribution is -2.54. The minimum absolute atomic E-state index is 0.0521. The van der Waals surface area contributed by atoms with E-state index in [1.54, 1.807) is 0 Å². The molecule has 21 heavy (non-hydrogen) atoms. The zero-order valence-electron chi connectivity index (χ0n) is 14.5. The average Bonchev–Trinajstić information content (AvgIpc) is 2.81. The van der Waals surface area contributed by atoms with Crippen molar-refractivity contribution in [2.24, 2.45) is 11.3 Å². The van der Waals surface area contributed by atoms with Crippen molar-refractivity contribution < 1.29 is 4.79 Å². The minimum Gasteiger partial charge on any atom is -0.341 e. The normalized spacial score (nSPS) is 26.1. The Morgan fingerprint density at radius 3 is 2.43 bits per heavy atom. The summed E-state index contributed by atoms with van der Waals surface area (Å²) in [7, 11) is 0. The Bertz CT molecular complexity index is 345. The van der Waals surface area contributed by atoms with Gasteiger partial charge in [-0.15, -0.1) is 0 Å². The molecule has 0 aromatic rings. The fourth-order valence-electron chi connectivity index (χ4n) is 4.48. The summed E-state index contributed by atoms with van der Waals surface area (Å²) in [6, 6.07) is 0.436. The van der Waals surface area contributed by atoms with Crippen LogP contribution >= 0.6 is 0 Å². The number of hydrogen-bond acceptors (Lipinski definition) is 2. The molecule has 2 fully saturated rings. The van der Waals surface area contributed by atoms with Crippen LogP contribution in [0.3, 0.4) is 0 Å². The van der Waals surface area contributed by atoms with Crippen LogP contribution in [0, 0.1) is 11.3 Å². The van der Waals surface area contributed by atoms with Gasteiger partial charge in [-0.25, -0.2) is 0 Å². The van der Waals surface area contributed by atoms with Gasteiger partial charge in [0.2, 0.25) is 5.91 Å². The molecule has 2 aliphatic rings. The van der Waals surface area contributed by atoms with Crippen LogP contribution in [0.4, 0.5) is 0 Å². The number of nitrogens with one attached hydrogen (secondary N) is 1. The molecule has 0 radical (unpaired) electrons. The van der Waals surface area contributed by atoms with Crippen molar-refractivity contribution in [1.82, 2.24) is 10.2 Å². The van der Waals surface area contributed by atoms with Crippen molar-refractivity contribution in [2.45, 2.75) is 84.7 Å². The molecule has 1 unspecified atom stereocenters. The van der Waals surface area contributed by atoms with Crippen LogP contribution < -0.4 is 5.32 Å². The summed E-state index contributed by atoms with van der Waals surface area (Å²) in [5.74, 6) is 1.08. The molecule has 1 aliphatic carbocycles. The lowest BCUT2D eigenvalue weighted by Gasteiger charge is -2.41. The first-order valence-electron chi connectivity index (χ1n) is 8.97. The first-order valence-corrected chi connectivity index (χ1v) is 8.97. The van der Waals surface area contributed by atoms with Crippen LogP contribution in [0.1, 0.15) is 72.6 Å². The Hall–Kier alpha value is -0.570. The van der Waals surface area contributed by atoms with Gasteiger partial charge in [-0.1, -0.05) is 40.5 Å². The van der Waals surface area contributed by atoms with E-state index in [4.69, 9.17) is 0 Å². The zero-order valence-corrected chi connectivity index (χ0v) is 14.5. The quantitative estimate of drug-likeness (QED) is 0.812. The molecule has 1 N–H and O–H groups in total. The van der Waals surface area contributed by atoms with E-state index in [2.05, 4.69) is 37.9 Å². The van der Waals surface area contributed by atoms with E-state index >= 15 is 0 Å². The van der Waals surface area contributed by atoms with E-state index in [0.717, 1.165) is 31.8 Å². The highest BCUT2D eigenvalue weighted by Crippen LogP contribution is 2.44. The highest BCUT2D eigenvalue weighted by Gasteiger charge is 2.39. The number of rotatable bonds is 6. The van der Waals surface area contributed by atoms with Gasteiger partial charge in [0, 0.05) is 19.1 Å². The first-order chi connectivity index (χ1) is 9.92.